The molecule has 0 saturated carbocycles. The largest absolute Gasteiger partial charge is 0.486 e. The SMILES string of the molecule is CCC1CCCN(C(=O)Cc2csc(COc3ccc(C)cc3)n2)C1. The van der Waals surface area contributed by atoms with Gasteiger partial charge in [0.2, 0.25) is 5.91 Å². The summed E-state index contributed by atoms with van der Waals surface area (Å²) in [6.45, 7) is 6.51. The Morgan fingerprint density at radius 1 is 1.36 bits per heavy atom. The zero-order chi connectivity index (χ0) is 17.6. The van der Waals surface area contributed by atoms with Crippen molar-refractivity contribution in [2.45, 2.75) is 46.1 Å². The van der Waals surface area contributed by atoms with E-state index in [-0.39, 0.29) is 5.91 Å². The molecule has 0 bridgehead atoms. The monoisotopic (exact) mass is 358 g/mol. The van der Waals surface area contributed by atoms with E-state index in [2.05, 4.69) is 18.8 Å². The second-order valence-electron chi connectivity index (χ2n) is 6.77. The minimum absolute atomic E-state index is 0.203. The molecular formula is C20H26N2O2S. The highest BCUT2D eigenvalue weighted by molar-refractivity contribution is 7.09. The number of nitrogens with zero attached hydrogens (tertiary/aromatic N) is 2. The molecule has 1 aromatic heterocycles. The number of rotatable bonds is 6. The molecule has 1 amide bonds. The van der Waals surface area contributed by atoms with Crippen LogP contribution in [0.1, 0.15) is 42.5 Å². The van der Waals surface area contributed by atoms with Gasteiger partial charge in [-0.05, 0) is 37.8 Å². The minimum atomic E-state index is 0.203. The van der Waals surface area contributed by atoms with Crippen molar-refractivity contribution in [2.75, 3.05) is 13.1 Å². The van der Waals surface area contributed by atoms with E-state index >= 15 is 0 Å². The summed E-state index contributed by atoms with van der Waals surface area (Å²) >= 11 is 1.56. The highest BCUT2D eigenvalue weighted by Crippen LogP contribution is 2.21. The average molecular weight is 359 g/mol. The Labute approximate surface area is 153 Å². The van der Waals surface area contributed by atoms with Gasteiger partial charge in [-0.3, -0.25) is 4.79 Å². The summed E-state index contributed by atoms with van der Waals surface area (Å²) in [5.74, 6) is 1.71. The Balaban J connectivity index is 1.51. The molecule has 25 heavy (non-hydrogen) atoms. The number of ether oxygens (including phenoxy) is 1. The second-order valence-corrected chi connectivity index (χ2v) is 7.71. The zero-order valence-electron chi connectivity index (χ0n) is 15.0. The van der Waals surface area contributed by atoms with Gasteiger partial charge in [0.1, 0.15) is 17.4 Å². The molecule has 1 saturated heterocycles. The third-order valence-corrected chi connectivity index (χ3v) is 5.64. The van der Waals surface area contributed by atoms with Crippen molar-refractivity contribution in [2.24, 2.45) is 5.92 Å². The van der Waals surface area contributed by atoms with Crippen LogP contribution >= 0.6 is 11.3 Å². The molecule has 1 aromatic carbocycles. The number of amides is 1. The molecule has 1 aliphatic heterocycles. The van der Waals surface area contributed by atoms with E-state index in [1.54, 1.807) is 11.3 Å². The van der Waals surface area contributed by atoms with E-state index in [4.69, 9.17) is 4.74 Å². The zero-order valence-corrected chi connectivity index (χ0v) is 15.8. The Kier molecular flexibility index (Phi) is 6.08. The first-order chi connectivity index (χ1) is 12.1. The van der Waals surface area contributed by atoms with E-state index in [1.165, 1.54) is 12.0 Å². The van der Waals surface area contributed by atoms with Gasteiger partial charge < -0.3 is 9.64 Å². The van der Waals surface area contributed by atoms with Crippen molar-refractivity contribution in [3.8, 4) is 5.75 Å². The Morgan fingerprint density at radius 2 is 2.16 bits per heavy atom. The fourth-order valence-electron chi connectivity index (χ4n) is 3.17. The van der Waals surface area contributed by atoms with Crippen LogP contribution in [0.3, 0.4) is 0 Å². The molecular weight excluding hydrogens is 332 g/mol. The third kappa shape index (κ3) is 5.05. The predicted octanol–water partition coefficient (Wildman–Crippen LogP) is 4.22. The maximum atomic E-state index is 12.5. The van der Waals surface area contributed by atoms with E-state index in [0.29, 0.717) is 18.9 Å². The minimum Gasteiger partial charge on any atom is -0.486 e. The first-order valence-corrected chi connectivity index (χ1v) is 9.92. The Hall–Kier alpha value is -1.88. The van der Waals surface area contributed by atoms with E-state index in [0.717, 1.165) is 42.4 Å². The van der Waals surface area contributed by atoms with Gasteiger partial charge in [0, 0.05) is 18.5 Å². The molecule has 1 aliphatic rings. The first kappa shape index (κ1) is 17.9. The van der Waals surface area contributed by atoms with Gasteiger partial charge in [-0.25, -0.2) is 4.98 Å². The van der Waals surface area contributed by atoms with Gasteiger partial charge in [-0.2, -0.15) is 0 Å². The van der Waals surface area contributed by atoms with Crippen LogP contribution in [-0.4, -0.2) is 28.9 Å². The lowest BCUT2D eigenvalue weighted by Gasteiger charge is -2.32. The number of carbonyl (C=O) groups is 1. The van der Waals surface area contributed by atoms with Crippen molar-refractivity contribution >= 4 is 17.2 Å². The number of aryl methyl sites for hydroxylation is 1. The quantitative estimate of drug-likeness (QED) is 0.776. The van der Waals surface area contributed by atoms with Gasteiger partial charge >= 0.3 is 0 Å². The van der Waals surface area contributed by atoms with Crippen molar-refractivity contribution in [3.05, 3.63) is 45.9 Å². The number of thiazole rings is 1. The highest BCUT2D eigenvalue weighted by atomic mass is 32.1. The molecule has 2 aromatic rings. The molecule has 4 nitrogen and oxygen atoms in total. The molecule has 0 aliphatic carbocycles. The second kappa shape index (κ2) is 8.48. The normalized spacial score (nSPS) is 17.5. The summed E-state index contributed by atoms with van der Waals surface area (Å²) < 4.78 is 5.76. The molecule has 0 spiro atoms. The fourth-order valence-corrected chi connectivity index (χ4v) is 3.87. The maximum Gasteiger partial charge on any atom is 0.228 e. The van der Waals surface area contributed by atoms with Crippen molar-refractivity contribution < 1.29 is 9.53 Å². The number of hydrogen-bond donors (Lipinski definition) is 0. The van der Waals surface area contributed by atoms with Gasteiger partial charge in [0.25, 0.3) is 0 Å². The molecule has 0 radical (unpaired) electrons. The maximum absolute atomic E-state index is 12.5. The van der Waals surface area contributed by atoms with Gasteiger partial charge in [0.05, 0.1) is 12.1 Å². The van der Waals surface area contributed by atoms with Gasteiger partial charge in [-0.1, -0.05) is 31.0 Å². The standard InChI is InChI=1S/C20H26N2O2S/c1-3-16-5-4-10-22(12-16)20(23)11-17-14-25-19(21-17)13-24-18-8-6-15(2)7-9-18/h6-9,14,16H,3-5,10-13H2,1-2H3. The van der Waals surface area contributed by atoms with Crippen LogP contribution in [0.15, 0.2) is 29.6 Å². The molecule has 0 N–H and O–H groups in total. The Morgan fingerprint density at radius 3 is 2.92 bits per heavy atom. The van der Waals surface area contributed by atoms with Gasteiger partial charge in [0.15, 0.2) is 0 Å². The average Bonchev–Trinajstić information content (AvgIpc) is 3.08. The topological polar surface area (TPSA) is 42.4 Å². The van der Waals surface area contributed by atoms with Crippen molar-refractivity contribution in [3.63, 3.8) is 0 Å². The predicted molar refractivity (Wildman–Crippen MR) is 101 cm³/mol. The lowest BCUT2D eigenvalue weighted by Crippen LogP contribution is -2.40. The van der Waals surface area contributed by atoms with E-state index in [9.17, 15) is 4.79 Å². The van der Waals surface area contributed by atoms with Crippen LogP contribution in [0, 0.1) is 12.8 Å². The van der Waals surface area contributed by atoms with Crippen LogP contribution in [0.2, 0.25) is 0 Å². The highest BCUT2D eigenvalue weighted by Gasteiger charge is 2.23. The summed E-state index contributed by atoms with van der Waals surface area (Å²) in [5.41, 5.74) is 2.07. The summed E-state index contributed by atoms with van der Waals surface area (Å²) in [5, 5.41) is 2.89. The van der Waals surface area contributed by atoms with Crippen LogP contribution < -0.4 is 4.74 Å². The number of benzene rings is 1. The molecule has 1 unspecified atom stereocenters. The van der Waals surface area contributed by atoms with Crippen molar-refractivity contribution in [1.29, 1.82) is 0 Å². The number of aromatic nitrogens is 1. The number of hydrogen-bond acceptors (Lipinski definition) is 4. The summed E-state index contributed by atoms with van der Waals surface area (Å²) in [7, 11) is 0. The summed E-state index contributed by atoms with van der Waals surface area (Å²) in [6, 6.07) is 7.99. The molecule has 134 valence electrons. The molecule has 5 heteroatoms. The fraction of sp³-hybridized carbons (Fsp3) is 0.500. The lowest BCUT2D eigenvalue weighted by molar-refractivity contribution is -0.132. The first-order valence-electron chi connectivity index (χ1n) is 9.04. The van der Waals surface area contributed by atoms with Crippen LogP contribution in [-0.2, 0) is 17.8 Å². The molecule has 2 heterocycles. The summed E-state index contributed by atoms with van der Waals surface area (Å²) in [6.07, 6.45) is 3.92. The van der Waals surface area contributed by atoms with Gasteiger partial charge in [-0.15, -0.1) is 11.3 Å². The van der Waals surface area contributed by atoms with E-state index < -0.39 is 0 Å². The lowest BCUT2D eigenvalue weighted by atomic mass is 9.95. The van der Waals surface area contributed by atoms with Crippen LogP contribution in [0.4, 0.5) is 0 Å². The smallest absolute Gasteiger partial charge is 0.228 e. The van der Waals surface area contributed by atoms with Crippen LogP contribution in [0.5, 0.6) is 5.75 Å². The number of carbonyl (C=O) groups excluding carboxylic acids is 1. The molecule has 1 atom stereocenters. The Bertz CT molecular complexity index is 696. The number of likely N-dealkylation sites (tertiary alicyclic amines) is 1. The summed E-state index contributed by atoms with van der Waals surface area (Å²) in [4.78, 5) is 19.1. The van der Waals surface area contributed by atoms with Crippen molar-refractivity contribution in [1.82, 2.24) is 9.88 Å². The molecule has 1 fully saturated rings. The third-order valence-electron chi connectivity index (χ3n) is 4.76. The van der Waals surface area contributed by atoms with Crippen LogP contribution in [0.25, 0.3) is 0 Å². The molecule has 3 rings (SSSR count). The van der Waals surface area contributed by atoms with E-state index in [1.807, 2.05) is 34.5 Å². The number of piperidine rings is 1.